The highest BCUT2D eigenvalue weighted by molar-refractivity contribution is 7.89. The Morgan fingerprint density at radius 1 is 1.12 bits per heavy atom. The highest BCUT2D eigenvalue weighted by Gasteiger charge is 2.30. The molecule has 1 aromatic heterocycles. The smallest absolute Gasteiger partial charge is 0.262 e. The van der Waals surface area contributed by atoms with Gasteiger partial charge in [-0.25, -0.2) is 17.8 Å². The van der Waals surface area contributed by atoms with Crippen LogP contribution >= 0.6 is 0 Å². The predicted octanol–water partition coefficient (Wildman–Crippen LogP) is 2.00. The average Bonchev–Trinajstić information content (AvgIpc) is 2.76. The number of fused-ring (bicyclic) bond motifs is 1. The summed E-state index contributed by atoms with van der Waals surface area (Å²) in [6.45, 7) is 5.33. The number of rotatable bonds is 8. The van der Waals surface area contributed by atoms with Crippen molar-refractivity contribution in [3.63, 3.8) is 0 Å². The van der Waals surface area contributed by atoms with Crippen molar-refractivity contribution in [3.8, 4) is 0 Å². The summed E-state index contributed by atoms with van der Waals surface area (Å²) in [5.41, 5.74) is 5.18. The zero-order valence-electron chi connectivity index (χ0n) is 17.8. The number of aromatic nitrogens is 2. The molecule has 1 unspecified atom stereocenters. The molecule has 0 bridgehead atoms. The number of anilines is 1. The number of hydrazine groups is 1. The van der Waals surface area contributed by atoms with Crippen LogP contribution in [0.5, 0.6) is 0 Å². The van der Waals surface area contributed by atoms with Gasteiger partial charge >= 0.3 is 0 Å². The second-order valence-electron chi connectivity index (χ2n) is 7.39. The van der Waals surface area contributed by atoms with Crippen LogP contribution in [0.25, 0.3) is 10.9 Å². The number of hydrogen-bond donors (Lipinski definition) is 3. The SMILES string of the molecule is CCn1c(NNC(=O)C(NS(=O)(=O)c2ccccc2F)C(C)C)nc2ccccc2c1=O. The minimum absolute atomic E-state index is 0.101. The Labute approximate surface area is 184 Å². The van der Waals surface area contributed by atoms with Gasteiger partial charge in [-0.1, -0.05) is 38.1 Å². The summed E-state index contributed by atoms with van der Waals surface area (Å²) in [4.78, 5) is 29.3. The van der Waals surface area contributed by atoms with Crippen LogP contribution in [0.4, 0.5) is 10.3 Å². The van der Waals surface area contributed by atoms with Crippen LogP contribution in [0, 0.1) is 11.7 Å². The van der Waals surface area contributed by atoms with E-state index in [0.717, 1.165) is 12.1 Å². The first-order chi connectivity index (χ1) is 15.2. The molecule has 0 fully saturated rings. The van der Waals surface area contributed by atoms with Crippen LogP contribution in [-0.2, 0) is 21.4 Å². The Bertz CT molecular complexity index is 1310. The molecule has 32 heavy (non-hydrogen) atoms. The van der Waals surface area contributed by atoms with Crippen molar-refractivity contribution in [2.24, 2.45) is 5.92 Å². The summed E-state index contributed by atoms with van der Waals surface area (Å²) in [7, 11) is -4.30. The van der Waals surface area contributed by atoms with Gasteiger partial charge in [-0.05, 0) is 37.1 Å². The molecule has 0 radical (unpaired) electrons. The minimum atomic E-state index is -4.30. The Balaban J connectivity index is 1.83. The van der Waals surface area contributed by atoms with E-state index in [9.17, 15) is 22.4 Å². The van der Waals surface area contributed by atoms with Gasteiger partial charge in [0.2, 0.25) is 16.0 Å². The summed E-state index contributed by atoms with van der Waals surface area (Å²) >= 11 is 0. The number of nitrogens with one attached hydrogen (secondary N) is 3. The Kier molecular flexibility index (Phi) is 6.90. The van der Waals surface area contributed by atoms with Crippen molar-refractivity contribution in [3.05, 3.63) is 64.7 Å². The lowest BCUT2D eigenvalue weighted by Crippen LogP contribution is -2.51. The zero-order valence-corrected chi connectivity index (χ0v) is 18.6. The van der Waals surface area contributed by atoms with E-state index < -0.39 is 38.6 Å². The number of sulfonamides is 1. The molecule has 0 saturated carbocycles. The molecular formula is C21H24FN5O4S. The van der Waals surface area contributed by atoms with Gasteiger partial charge in [-0.15, -0.1) is 0 Å². The number of carbonyl (C=O) groups excluding carboxylic acids is 1. The highest BCUT2D eigenvalue weighted by Crippen LogP contribution is 2.16. The summed E-state index contributed by atoms with van der Waals surface area (Å²) in [6.07, 6.45) is 0. The van der Waals surface area contributed by atoms with E-state index in [1.165, 1.54) is 16.7 Å². The molecular weight excluding hydrogens is 437 g/mol. The van der Waals surface area contributed by atoms with Crippen LogP contribution in [0.15, 0.2) is 58.2 Å². The van der Waals surface area contributed by atoms with Crippen molar-refractivity contribution in [2.45, 2.75) is 38.3 Å². The van der Waals surface area contributed by atoms with Crippen LogP contribution in [0.1, 0.15) is 20.8 Å². The van der Waals surface area contributed by atoms with Crippen LogP contribution in [0.2, 0.25) is 0 Å². The lowest BCUT2D eigenvalue weighted by Gasteiger charge is -2.22. The van der Waals surface area contributed by atoms with Crippen LogP contribution in [0.3, 0.4) is 0 Å². The van der Waals surface area contributed by atoms with Crippen molar-refractivity contribution >= 4 is 32.8 Å². The quantitative estimate of drug-likeness (QED) is 0.441. The van der Waals surface area contributed by atoms with E-state index >= 15 is 0 Å². The molecule has 2 aromatic carbocycles. The standard InChI is InChI=1S/C21H24FN5O4S/c1-4-27-20(29)14-9-5-7-11-16(14)23-21(27)25-24-19(28)18(13(2)3)26-32(30,31)17-12-8-6-10-15(17)22/h5-13,18,26H,4H2,1-3H3,(H,23,25)(H,24,28). The Hall–Kier alpha value is -3.31. The molecule has 0 aliphatic carbocycles. The molecule has 0 saturated heterocycles. The fourth-order valence-electron chi connectivity index (χ4n) is 3.14. The largest absolute Gasteiger partial charge is 0.277 e. The lowest BCUT2D eigenvalue weighted by atomic mass is 10.1. The third kappa shape index (κ3) is 4.78. The number of hydrogen-bond acceptors (Lipinski definition) is 6. The molecule has 11 heteroatoms. The topological polar surface area (TPSA) is 122 Å². The molecule has 3 aromatic rings. The van der Waals surface area contributed by atoms with Gasteiger partial charge in [-0.3, -0.25) is 25.0 Å². The molecule has 170 valence electrons. The van der Waals surface area contributed by atoms with E-state index in [0.29, 0.717) is 17.4 Å². The third-order valence-electron chi connectivity index (χ3n) is 4.83. The van der Waals surface area contributed by atoms with E-state index in [4.69, 9.17) is 0 Å². The summed E-state index contributed by atoms with van der Waals surface area (Å²) < 4.78 is 42.8. The summed E-state index contributed by atoms with van der Waals surface area (Å²) in [5.74, 6) is -2.00. The predicted molar refractivity (Wildman–Crippen MR) is 119 cm³/mol. The number of carbonyl (C=O) groups is 1. The number of nitrogens with zero attached hydrogens (tertiary/aromatic N) is 2. The summed E-state index contributed by atoms with van der Waals surface area (Å²) in [6, 6.07) is 10.5. The first kappa shape index (κ1) is 23.4. The number of amides is 1. The number of benzene rings is 2. The van der Waals surface area contributed by atoms with Gasteiger partial charge in [0.1, 0.15) is 16.8 Å². The zero-order chi connectivity index (χ0) is 23.5. The van der Waals surface area contributed by atoms with Gasteiger partial charge in [0.05, 0.1) is 10.9 Å². The maximum absolute atomic E-state index is 14.0. The molecule has 9 nitrogen and oxygen atoms in total. The van der Waals surface area contributed by atoms with Gasteiger partial charge in [-0.2, -0.15) is 4.72 Å². The first-order valence-electron chi connectivity index (χ1n) is 9.98. The van der Waals surface area contributed by atoms with Gasteiger partial charge in [0.25, 0.3) is 11.5 Å². The maximum atomic E-state index is 14.0. The van der Waals surface area contributed by atoms with Crippen molar-refractivity contribution in [1.29, 1.82) is 0 Å². The molecule has 3 N–H and O–H groups in total. The summed E-state index contributed by atoms with van der Waals surface area (Å²) in [5, 5.41) is 0.434. The van der Waals surface area contributed by atoms with Crippen molar-refractivity contribution < 1.29 is 17.6 Å². The third-order valence-corrected chi connectivity index (χ3v) is 6.31. The molecule has 1 atom stereocenters. The second kappa shape index (κ2) is 9.45. The first-order valence-corrected chi connectivity index (χ1v) is 11.5. The van der Waals surface area contributed by atoms with Gasteiger partial charge in [0.15, 0.2) is 0 Å². The van der Waals surface area contributed by atoms with Gasteiger partial charge in [0, 0.05) is 6.54 Å². The fraction of sp³-hybridized carbons (Fsp3) is 0.286. The van der Waals surface area contributed by atoms with Crippen LogP contribution in [-0.4, -0.2) is 29.9 Å². The molecule has 0 aliphatic rings. The van der Waals surface area contributed by atoms with Crippen LogP contribution < -0.4 is 21.1 Å². The number of para-hydroxylation sites is 1. The van der Waals surface area contributed by atoms with E-state index in [1.54, 1.807) is 45.0 Å². The van der Waals surface area contributed by atoms with E-state index in [2.05, 4.69) is 20.6 Å². The Morgan fingerprint density at radius 2 is 1.78 bits per heavy atom. The number of halogens is 1. The molecule has 1 amide bonds. The molecule has 0 aliphatic heterocycles. The Morgan fingerprint density at radius 3 is 2.44 bits per heavy atom. The lowest BCUT2D eigenvalue weighted by molar-refractivity contribution is -0.123. The van der Waals surface area contributed by atoms with Gasteiger partial charge < -0.3 is 0 Å². The van der Waals surface area contributed by atoms with E-state index in [-0.39, 0.29) is 11.5 Å². The van der Waals surface area contributed by atoms with E-state index in [1.807, 2.05) is 0 Å². The molecule has 3 rings (SSSR count). The minimum Gasteiger partial charge on any atom is -0.277 e. The average molecular weight is 462 g/mol. The second-order valence-corrected chi connectivity index (χ2v) is 9.07. The monoisotopic (exact) mass is 461 g/mol. The molecule has 0 spiro atoms. The maximum Gasteiger partial charge on any atom is 0.262 e. The fourth-order valence-corrected chi connectivity index (χ4v) is 4.56. The van der Waals surface area contributed by atoms with Crippen molar-refractivity contribution in [1.82, 2.24) is 19.7 Å². The molecule has 1 heterocycles. The highest BCUT2D eigenvalue weighted by atomic mass is 32.2. The normalized spacial score (nSPS) is 12.7. The van der Waals surface area contributed by atoms with Crippen molar-refractivity contribution in [2.75, 3.05) is 5.43 Å².